The van der Waals surface area contributed by atoms with Crippen molar-refractivity contribution in [1.29, 1.82) is 10.5 Å². The summed E-state index contributed by atoms with van der Waals surface area (Å²) < 4.78 is 14.9. The zero-order chi connectivity index (χ0) is 28.3. The van der Waals surface area contributed by atoms with E-state index in [-0.39, 0.29) is 5.41 Å². The minimum atomic E-state index is -0.585. The molecule has 0 aliphatic carbocycles. The van der Waals surface area contributed by atoms with E-state index in [4.69, 9.17) is 11.6 Å². The maximum Gasteiger partial charge on any atom is 0.112 e. The molecular formula is C29H30ClFN8. The third-order valence-electron chi connectivity index (χ3n) is 6.46. The lowest BCUT2D eigenvalue weighted by Gasteiger charge is -2.23. The number of hydrogen-bond donors (Lipinski definition) is 2. The van der Waals surface area contributed by atoms with Crippen molar-refractivity contribution >= 4 is 33.9 Å². The number of aromatic nitrogens is 4. The lowest BCUT2D eigenvalue weighted by atomic mass is 9.95. The molecule has 4 aromatic rings. The fourth-order valence-electron chi connectivity index (χ4n) is 4.27. The van der Waals surface area contributed by atoms with E-state index in [0.717, 1.165) is 11.1 Å². The van der Waals surface area contributed by atoms with Crippen LogP contribution in [0.15, 0.2) is 42.7 Å². The summed E-state index contributed by atoms with van der Waals surface area (Å²) in [5.74, 6) is 0. The number of nitrogens with zero attached hydrogens (tertiary/aromatic N) is 6. The summed E-state index contributed by atoms with van der Waals surface area (Å²) >= 11 is 6.61. The van der Waals surface area contributed by atoms with Crippen LogP contribution in [0, 0.1) is 35.0 Å². The monoisotopic (exact) mass is 544 g/mol. The molecule has 2 N–H and O–H groups in total. The van der Waals surface area contributed by atoms with E-state index in [1.54, 1.807) is 37.5 Å². The summed E-state index contributed by atoms with van der Waals surface area (Å²) in [6, 6.07) is 12.5. The van der Waals surface area contributed by atoms with Crippen molar-refractivity contribution in [2.45, 2.75) is 46.7 Å². The van der Waals surface area contributed by atoms with Gasteiger partial charge in [0.15, 0.2) is 0 Å². The second-order valence-electron chi connectivity index (χ2n) is 10.8. The SMILES string of the molecule is Cc1c(C#N)cccc1[C@H](Nc1cc(Cl)cc2c(NCC(C)(C)C)c(C#N)cnc12)c1cn([C@@H](C)CF)nn1. The molecule has 0 spiro atoms. The first kappa shape index (κ1) is 27.8. The number of fused-ring (bicyclic) bond motifs is 1. The van der Waals surface area contributed by atoms with E-state index in [1.165, 1.54) is 4.68 Å². The first-order valence-electron chi connectivity index (χ1n) is 12.6. The first-order chi connectivity index (χ1) is 18.6. The van der Waals surface area contributed by atoms with Crippen molar-refractivity contribution in [2.75, 3.05) is 23.9 Å². The fourth-order valence-corrected chi connectivity index (χ4v) is 4.49. The number of hydrogen-bond acceptors (Lipinski definition) is 7. The van der Waals surface area contributed by atoms with Crippen molar-refractivity contribution < 1.29 is 4.39 Å². The number of anilines is 2. The third kappa shape index (κ3) is 5.94. The standard InChI is InChI=1S/C29H30ClFN8/c1-17(11-31)39-15-25(37-38-39)28(22-8-6-7-19(12-32)18(22)2)36-24-10-21(30)9-23-26(35-16-29(3,4)5)20(13-33)14-34-27(23)24/h6-10,14-15,17,28,36H,11,16H2,1-5H3,(H,34,35)/t17-,28-/m0/s1. The van der Waals surface area contributed by atoms with E-state index in [2.05, 4.69) is 58.8 Å². The van der Waals surface area contributed by atoms with Gasteiger partial charge in [-0.2, -0.15) is 10.5 Å². The van der Waals surface area contributed by atoms with Gasteiger partial charge >= 0.3 is 0 Å². The molecule has 0 unspecified atom stereocenters. The molecule has 0 aliphatic heterocycles. The summed E-state index contributed by atoms with van der Waals surface area (Å²) in [7, 11) is 0. The number of nitriles is 2. The van der Waals surface area contributed by atoms with Gasteiger partial charge in [0, 0.05) is 23.2 Å². The van der Waals surface area contributed by atoms with Crippen LogP contribution in [0.5, 0.6) is 0 Å². The second-order valence-corrected chi connectivity index (χ2v) is 11.2. The van der Waals surface area contributed by atoms with Gasteiger partial charge in [-0.25, -0.2) is 9.07 Å². The topological polar surface area (TPSA) is 115 Å². The average molecular weight is 545 g/mol. The van der Waals surface area contributed by atoms with Gasteiger partial charge in [-0.1, -0.05) is 49.7 Å². The molecule has 39 heavy (non-hydrogen) atoms. The van der Waals surface area contributed by atoms with Crippen molar-refractivity contribution in [1.82, 2.24) is 20.0 Å². The van der Waals surface area contributed by atoms with Crippen LogP contribution in [-0.4, -0.2) is 33.2 Å². The van der Waals surface area contributed by atoms with Gasteiger partial charge in [-0.05, 0) is 48.6 Å². The molecule has 200 valence electrons. The first-order valence-corrected chi connectivity index (χ1v) is 12.9. The van der Waals surface area contributed by atoms with Gasteiger partial charge < -0.3 is 10.6 Å². The van der Waals surface area contributed by atoms with Crippen molar-refractivity contribution in [3.05, 3.63) is 75.7 Å². The van der Waals surface area contributed by atoms with Crippen LogP contribution in [0.1, 0.15) is 67.7 Å². The van der Waals surface area contributed by atoms with E-state index in [0.29, 0.717) is 50.7 Å². The van der Waals surface area contributed by atoms with Gasteiger partial charge in [0.25, 0.3) is 0 Å². The Hall–Kier alpha value is -4.21. The molecule has 2 aromatic carbocycles. The number of benzene rings is 2. The summed E-state index contributed by atoms with van der Waals surface area (Å²) in [4.78, 5) is 4.61. The summed E-state index contributed by atoms with van der Waals surface area (Å²) in [6.45, 7) is 9.96. The molecular weight excluding hydrogens is 515 g/mol. The zero-order valence-electron chi connectivity index (χ0n) is 22.5. The average Bonchev–Trinajstić information content (AvgIpc) is 3.39. The largest absolute Gasteiger partial charge is 0.383 e. The lowest BCUT2D eigenvalue weighted by molar-refractivity contribution is 0.351. The summed E-state index contributed by atoms with van der Waals surface area (Å²) in [5, 5.41) is 36.0. The molecule has 0 fully saturated rings. The normalized spacial score (nSPS) is 12.9. The van der Waals surface area contributed by atoms with Crippen molar-refractivity contribution in [2.24, 2.45) is 5.41 Å². The fraction of sp³-hybridized carbons (Fsp3) is 0.345. The van der Waals surface area contributed by atoms with Gasteiger partial charge in [0.1, 0.15) is 18.4 Å². The Labute approximate surface area is 232 Å². The highest BCUT2D eigenvalue weighted by Crippen LogP contribution is 2.37. The van der Waals surface area contributed by atoms with Crippen LogP contribution in [0.4, 0.5) is 15.8 Å². The van der Waals surface area contributed by atoms with E-state index in [9.17, 15) is 14.9 Å². The summed E-state index contributed by atoms with van der Waals surface area (Å²) in [6.07, 6.45) is 3.24. The zero-order valence-corrected chi connectivity index (χ0v) is 23.3. The highest BCUT2D eigenvalue weighted by molar-refractivity contribution is 6.32. The van der Waals surface area contributed by atoms with Gasteiger partial charge in [0.05, 0.1) is 52.4 Å². The van der Waals surface area contributed by atoms with Crippen LogP contribution in [-0.2, 0) is 0 Å². The molecule has 0 saturated carbocycles. The smallest absolute Gasteiger partial charge is 0.112 e. The predicted molar refractivity (Wildman–Crippen MR) is 151 cm³/mol. The van der Waals surface area contributed by atoms with E-state index >= 15 is 0 Å². The van der Waals surface area contributed by atoms with Crippen LogP contribution in [0.2, 0.25) is 5.02 Å². The Kier molecular flexibility index (Phi) is 8.03. The van der Waals surface area contributed by atoms with Crippen LogP contribution < -0.4 is 10.6 Å². The molecule has 0 saturated heterocycles. The molecule has 2 heterocycles. The van der Waals surface area contributed by atoms with Crippen LogP contribution >= 0.6 is 11.6 Å². The highest BCUT2D eigenvalue weighted by atomic mass is 35.5. The predicted octanol–water partition coefficient (Wildman–Crippen LogP) is 6.72. The second kappa shape index (κ2) is 11.3. The number of pyridine rings is 1. The molecule has 0 aliphatic rings. The maximum absolute atomic E-state index is 13.4. The minimum absolute atomic E-state index is 0.0288. The number of rotatable bonds is 8. The molecule has 4 rings (SSSR count). The number of alkyl halides is 1. The Morgan fingerprint density at radius 3 is 2.56 bits per heavy atom. The minimum Gasteiger partial charge on any atom is -0.383 e. The number of nitrogens with one attached hydrogen (secondary N) is 2. The van der Waals surface area contributed by atoms with Crippen molar-refractivity contribution in [3.8, 4) is 12.1 Å². The third-order valence-corrected chi connectivity index (χ3v) is 6.68. The van der Waals surface area contributed by atoms with Crippen LogP contribution in [0.25, 0.3) is 10.9 Å². The Balaban J connectivity index is 1.89. The molecule has 0 radical (unpaired) electrons. The van der Waals surface area contributed by atoms with Crippen LogP contribution in [0.3, 0.4) is 0 Å². The molecule has 2 aromatic heterocycles. The van der Waals surface area contributed by atoms with Gasteiger partial charge in [0.2, 0.25) is 0 Å². The Bertz CT molecular complexity index is 1590. The van der Waals surface area contributed by atoms with E-state index < -0.39 is 18.8 Å². The quantitative estimate of drug-likeness (QED) is 0.253. The lowest BCUT2D eigenvalue weighted by Crippen LogP contribution is -2.20. The van der Waals surface area contributed by atoms with Gasteiger partial charge in [-0.3, -0.25) is 4.98 Å². The van der Waals surface area contributed by atoms with Gasteiger partial charge in [-0.15, -0.1) is 5.10 Å². The molecule has 0 bridgehead atoms. The highest BCUT2D eigenvalue weighted by Gasteiger charge is 2.24. The Morgan fingerprint density at radius 1 is 1.15 bits per heavy atom. The van der Waals surface area contributed by atoms with Crippen molar-refractivity contribution in [3.63, 3.8) is 0 Å². The molecule has 2 atom stereocenters. The molecule has 8 nitrogen and oxygen atoms in total. The maximum atomic E-state index is 13.4. The van der Waals surface area contributed by atoms with E-state index in [1.807, 2.05) is 19.1 Å². The Morgan fingerprint density at radius 2 is 1.90 bits per heavy atom. The summed E-state index contributed by atoms with van der Waals surface area (Å²) in [5.41, 5.74) is 4.93. The number of halogens is 2. The molecule has 0 amide bonds. The molecule has 10 heteroatoms.